The van der Waals surface area contributed by atoms with E-state index in [0.29, 0.717) is 35.4 Å². The number of hydrogen-bond donors (Lipinski definition) is 2. The second-order valence-electron chi connectivity index (χ2n) is 10.3. The van der Waals surface area contributed by atoms with Crippen molar-refractivity contribution in [2.75, 3.05) is 55.2 Å². The molecule has 2 aliphatic rings. The van der Waals surface area contributed by atoms with Gasteiger partial charge >= 0.3 is 6.01 Å². The van der Waals surface area contributed by atoms with E-state index >= 15 is 0 Å². The number of nitrogens with one attached hydrogen (secondary N) is 1. The molecular formula is C26H36Cl2N10O2. The fourth-order valence-corrected chi connectivity index (χ4v) is 6.27. The molecule has 2 saturated heterocycles. The first-order chi connectivity index (χ1) is 19.3. The SMILES string of the molecule is CCNc1nnc(-c2nc(Cl)c(N3CCN(C4CCN(Cc5ccc(Cl)nc5N)CC4)[C@@H](CC)C3)n(C)c2=O)o1. The lowest BCUT2D eigenvalue weighted by atomic mass is 9.98. The van der Waals surface area contributed by atoms with Crippen molar-refractivity contribution in [3.05, 3.63) is 38.4 Å². The molecule has 216 valence electrons. The summed E-state index contributed by atoms with van der Waals surface area (Å²) >= 11 is 12.6. The quantitative estimate of drug-likeness (QED) is 0.374. The Hall–Kier alpha value is -2.93. The van der Waals surface area contributed by atoms with Gasteiger partial charge in [-0.2, -0.15) is 0 Å². The van der Waals surface area contributed by atoms with Gasteiger partial charge < -0.3 is 20.4 Å². The molecule has 14 heteroatoms. The molecule has 12 nitrogen and oxygen atoms in total. The minimum Gasteiger partial charge on any atom is -0.401 e. The molecule has 0 radical (unpaired) electrons. The number of pyridine rings is 1. The Balaban J connectivity index is 1.24. The summed E-state index contributed by atoms with van der Waals surface area (Å²) in [6, 6.07) is 4.84. The summed E-state index contributed by atoms with van der Waals surface area (Å²) in [5.41, 5.74) is 6.81. The molecule has 3 aromatic rings. The lowest BCUT2D eigenvalue weighted by Crippen LogP contribution is -2.59. The monoisotopic (exact) mass is 590 g/mol. The highest BCUT2D eigenvalue weighted by molar-refractivity contribution is 6.31. The first kappa shape index (κ1) is 28.6. The maximum atomic E-state index is 13.2. The van der Waals surface area contributed by atoms with Crippen LogP contribution in [0.3, 0.4) is 0 Å². The zero-order chi connectivity index (χ0) is 28.4. The van der Waals surface area contributed by atoms with Gasteiger partial charge in [-0.1, -0.05) is 41.3 Å². The van der Waals surface area contributed by atoms with E-state index in [1.165, 1.54) is 0 Å². The molecule has 2 aliphatic heterocycles. The lowest BCUT2D eigenvalue weighted by molar-refractivity contribution is 0.0609. The van der Waals surface area contributed by atoms with E-state index in [1.807, 2.05) is 13.0 Å². The third kappa shape index (κ3) is 5.90. The Morgan fingerprint density at radius 3 is 2.58 bits per heavy atom. The molecule has 2 fully saturated rings. The molecule has 0 amide bonds. The largest absolute Gasteiger partial charge is 0.401 e. The van der Waals surface area contributed by atoms with Crippen LogP contribution in [0.1, 0.15) is 38.7 Å². The molecule has 5 heterocycles. The van der Waals surface area contributed by atoms with Gasteiger partial charge in [0.1, 0.15) is 16.8 Å². The van der Waals surface area contributed by atoms with Crippen molar-refractivity contribution in [1.29, 1.82) is 0 Å². The van der Waals surface area contributed by atoms with Gasteiger partial charge in [0.2, 0.25) is 0 Å². The average Bonchev–Trinajstić information content (AvgIpc) is 3.41. The zero-order valence-electron chi connectivity index (χ0n) is 23.1. The van der Waals surface area contributed by atoms with Crippen molar-refractivity contribution in [2.45, 2.75) is 51.7 Å². The van der Waals surface area contributed by atoms with E-state index in [9.17, 15) is 4.79 Å². The molecule has 40 heavy (non-hydrogen) atoms. The number of piperazine rings is 1. The minimum atomic E-state index is -0.328. The van der Waals surface area contributed by atoms with Crippen LogP contribution in [-0.2, 0) is 13.6 Å². The number of hydrogen-bond acceptors (Lipinski definition) is 11. The highest BCUT2D eigenvalue weighted by Gasteiger charge is 2.35. The van der Waals surface area contributed by atoms with E-state index in [0.717, 1.165) is 64.1 Å². The Morgan fingerprint density at radius 1 is 1.10 bits per heavy atom. The van der Waals surface area contributed by atoms with Gasteiger partial charge in [-0.15, -0.1) is 5.10 Å². The number of halogens is 2. The van der Waals surface area contributed by atoms with Gasteiger partial charge in [-0.25, -0.2) is 9.97 Å². The number of likely N-dealkylation sites (tertiary alicyclic amines) is 1. The Labute approximate surface area is 243 Å². The molecule has 3 aromatic heterocycles. The maximum absolute atomic E-state index is 13.2. The Kier molecular flexibility index (Phi) is 8.79. The van der Waals surface area contributed by atoms with Crippen LogP contribution in [0.5, 0.6) is 0 Å². The van der Waals surface area contributed by atoms with Crippen LogP contribution in [0.25, 0.3) is 11.6 Å². The molecule has 1 atom stereocenters. The molecule has 0 bridgehead atoms. The third-order valence-electron chi connectivity index (χ3n) is 7.87. The van der Waals surface area contributed by atoms with Crippen molar-refractivity contribution in [1.82, 2.24) is 34.5 Å². The van der Waals surface area contributed by atoms with Crippen LogP contribution in [0.15, 0.2) is 21.3 Å². The second-order valence-corrected chi connectivity index (χ2v) is 11.1. The smallest absolute Gasteiger partial charge is 0.315 e. The van der Waals surface area contributed by atoms with Crippen molar-refractivity contribution >= 4 is 40.9 Å². The predicted molar refractivity (Wildman–Crippen MR) is 157 cm³/mol. The molecular weight excluding hydrogens is 555 g/mol. The van der Waals surface area contributed by atoms with Crippen LogP contribution in [0.2, 0.25) is 10.3 Å². The summed E-state index contributed by atoms with van der Waals surface area (Å²) in [6.45, 7) is 9.93. The van der Waals surface area contributed by atoms with Crippen molar-refractivity contribution < 1.29 is 4.42 Å². The Bertz CT molecular complexity index is 1390. The number of nitrogen functional groups attached to an aromatic ring is 1. The second kappa shape index (κ2) is 12.3. The summed E-state index contributed by atoms with van der Waals surface area (Å²) < 4.78 is 7.09. The predicted octanol–water partition coefficient (Wildman–Crippen LogP) is 3.11. The van der Waals surface area contributed by atoms with Crippen LogP contribution < -0.4 is 21.5 Å². The van der Waals surface area contributed by atoms with Gasteiger partial charge in [0.25, 0.3) is 11.4 Å². The maximum Gasteiger partial charge on any atom is 0.315 e. The summed E-state index contributed by atoms with van der Waals surface area (Å²) in [4.78, 5) is 29.1. The highest BCUT2D eigenvalue weighted by atomic mass is 35.5. The number of nitrogens with zero attached hydrogens (tertiary/aromatic N) is 8. The fraction of sp³-hybridized carbons (Fsp3) is 0.577. The van der Waals surface area contributed by atoms with Gasteiger partial charge in [0, 0.05) is 57.4 Å². The van der Waals surface area contributed by atoms with Crippen LogP contribution >= 0.6 is 23.2 Å². The lowest BCUT2D eigenvalue weighted by Gasteiger charge is -2.48. The zero-order valence-corrected chi connectivity index (χ0v) is 24.6. The molecule has 3 N–H and O–H groups in total. The highest BCUT2D eigenvalue weighted by Crippen LogP contribution is 2.30. The van der Waals surface area contributed by atoms with Gasteiger partial charge in [-0.3, -0.25) is 19.2 Å². The van der Waals surface area contributed by atoms with Gasteiger partial charge in [0.15, 0.2) is 10.8 Å². The standard InChI is InChI=1S/C26H36Cl2N10O2/c1-4-17-15-37(24-21(28)32-20(25(39)35(24)3)23-33-34-26(40-23)30-5-2)12-13-38(17)18-8-10-36(11-9-18)14-16-6-7-19(27)31-22(16)29/h6-7,17-18H,4-5,8-15H2,1-3H3,(H2,29,31)(H,30,34)/t17-/m0/s1. The summed E-state index contributed by atoms with van der Waals surface area (Å²) in [5, 5.41) is 11.5. The van der Waals surface area contributed by atoms with Crippen molar-refractivity contribution in [2.24, 2.45) is 7.05 Å². The molecule has 0 spiro atoms. The summed E-state index contributed by atoms with van der Waals surface area (Å²) in [5.74, 6) is 1.16. The molecule has 0 saturated carbocycles. The third-order valence-corrected chi connectivity index (χ3v) is 8.34. The number of rotatable bonds is 8. The van der Waals surface area contributed by atoms with Crippen LogP contribution in [0.4, 0.5) is 17.7 Å². The molecule has 0 unspecified atom stereocenters. The van der Waals surface area contributed by atoms with E-state index in [2.05, 4.69) is 47.1 Å². The summed E-state index contributed by atoms with van der Waals surface area (Å²) in [6.07, 6.45) is 3.17. The Morgan fingerprint density at radius 2 is 1.88 bits per heavy atom. The minimum absolute atomic E-state index is 0.0430. The fourth-order valence-electron chi connectivity index (χ4n) is 5.78. The number of piperidine rings is 1. The van der Waals surface area contributed by atoms with Gasteiger partial charge in [-0.05, 0) is 45.3 Å². The summed E-state index contributed by atoms with van der Waals surface area (Å²) in [7, 11) is 1.71. The van der Waals surface area contributed by atoms with E-state index in [4.69, 9.17) is 33.4 Å². The average molecular weight is 592 g/mol. The first-order valence-corrected chi connectivity index (χ1v) is 14.5. The molecule has 0 aliphatic carbocycles. The van der Waals surface area contributed by atoms with Crippen molar-refractivity contribution in [3.63, 3.8) is 0 Å². The number of nitrogens with two attached hydrogens (primary N) is 1. The van der Waals surface area contributed by atoms with Gasteiger partial charge in [0.05, 0.1) is 0 Å². The normalized spacial score (nSPS) is 19.3. The number of anilines is 3. The number of aromatic nitrogens is 5. The first-order valence-electron chi connectivity index (χ1n) is 13.8. The van der Waals surface area contributed by atoms with E-state index in [-0.39, 0.29) is 28.3 Å². The van der Waals surface area contributed by atoms with E-state index in [1.54, 1.807) is 17.7 Å². The van der Waals surface area contributed by atoms with Crippen LogP contribution in [-0.4, -0.2) is 85.9 Å². The van der Waals surface area contributed by atoms with Crippen LogP contribution in [0, 0.1) is 0 Å². The molecule has 5 rings (SSSR count). The topological polar surface area (TPSA) is 134 Å². The van der Waals surface area contributed by atoms with Crippen molar-refractivity contribution in [3.8, 4) is 11.6 Å². The van der Waals surface area contributed by atoms with E-state index < -0.39 is 0 Å². The molecule has 0 aromatic carbocycles.